The summed E-state index contributed by atoms with van der Waals surface area (Å²) in [7, 11) is -1.98. The molecule has 5 N–H and O–H groups in total. The number of amides is 4. The number of rotatable bonds is 21. The summed E-state index contributed by atoms with van der Waals surface area (Å²) in [6.07, 6.45) is 5.17. The summed E-state index contributed by atoms with van der Waals surface area (Å²) in [6, 6.07) is 19.1. The lowest BCUT2D eigenvalue weighted by Gasteiger charge is -2.43. The molecule has 3 aliphatic heterocycles. The van der Waals surface area contributed by atoms with Gasteiger partial charge in [-0.25, -0.2) is 18.4 Å². The van der Waals surface area contributed by atoms with Gasteiger partial charge in [-0.3, -0.25) is 24.1 Å². The van der Waals surface area contributed by atoms with Crippen molar-refractivity contribution in [2.75, 3.05) is 68.5 Å². The van der Waals surface area contributed by atoms with E-state index >= 15 is 0 Å². The van der Waals surface area contributed by atoms with Crippen molar-refractivity contribution in [2.45, 2.75) is 134 Å². The zero-order valence-corrected chi connectivity index (χ0v) is 49.2. The van der Waals surface area contributed by atoms with Crippen molar-refractivity contribution < 1.29 is 37.4 Å². The van der Waals surface area contributed by atoms with E-state index in [1.165, 1.54) is 11.1 Å². The van der Waals surface area contributed by atoms with Crippen LogP contribution >= 0.6 is 22.9 Å². The van der Waals surface area contributed by atoms with Gasteiger partial charge in [0.25, 0.3) is 0 Å². The van der Waals surface area contributed by atoms with Crippen molar-refractivity contribution in [3.63, 3.8) is 0 Å². The predicted octanol–water partition coefficient (Wildman–Crippen LogP) is 8.11. The van der Waals surface area contributed by atoms with Gasteiger partial charge in [-0.05, 0) is 87.3 Å². The molecule has 1 unspecified atom stereocenters. The zero-order valence-electron chi connectivity index (χ0n) is 46.8. The third kappa shape index (κ3) is 14.7. The van der Waals surface area contributed by atoms with Gasteiger partial charge < -0.3 is 45.8 Å². The molecular weight excluding hydrogens is 1080 g/mol. The zero-order chi connectivity index (χ0) is 57.3. The number of halogens is 1. The minimum absolute atomic E-state index is 0.000483. The third-order valence-corrected chi connectivity index (χ3v) is 18.7. The van der Waals surface area contributed by atoms with E-state index in [0.717, 1.165) is 66.4 Å². The standard InChI is InChI=1S/C58H76ClN11O8S2/c1-37(2)80(76,77)49-14-12-11-13-46(49)63-54-44(59)34-61-57(66-54)64-45-22-21-42(31-48(45)78-7)67-25-23-41(24-26-67)68-27-29-69(30-28-68)51(73)16-10-8-9-15-50(72)65-53(58(4,5)6)56(75)70-35-43(71)32-47(70)55(74)60-33-39-17-19-40(20-18-39)52-38(3)62-36-79-52/h11-14,17-22,31,34,36-37,41,43,47,53,71H,8-10,15-16,23-30,32-33,35H2,1-7H3,(H,60,74)(H,65,72)(H2,61,63,64,66)/t43-,47+,53?/m1/s1. The van der Waals surface area contributed by atoms with Crippen molar-refractivity contribution in [1.29, 1.82) is 0 Å². The fourth-order valence-electron chi connectivity index (χ4n) is 10.6. The number of aromatic nitrogens is 3. The highest BCUT2D eigenvalue weighted by Crippen LogP contribution is 2.36. The number of ether oxygens (including phenoxy) is 1. The number of nitrogens with one attached hydrogen (secondary N) is 4. The second-order valence-electron chi connectivity index (χ2n) is 22.3. The number of aliphatic hydroxyl groups is 1. The molecule has 3 atom stereocenters. The number of carbonyl (C=O) groups is 4. The van der Waals surface area contributed by atoms with E-state index in [1.807, 2.05) is 80.6 Å². The fraction of sp³-hybridized carbons (Fsp3) is 0.500. The van der Waals surface area contributed by atoms with Crippen LogP contribution in [0.3, 0.4) is 0 Å². The van der Waals surface area contributed by atoms with Gasteiger partial charge in [0.2, 0.25) is 29.6 Å². The van der Waals surface area contributed by atoms with E-state index in [-0.39, 0.29) is 65.3 Å². The van der Waals surface area contributed by atoms with E-state index in [1.54, 1.807) is 56.6 Å². The number of carbonyl (C=O) groups excluding carboxylic acids is 4. The molecule has 3 fully saturated rings. The SMILES string of the molecule is COc1cc(N2CCC(N3CCN(C(=O)CCCCCC(=O)NC(C(=O)N4C[C@H](O)C[C@H]4C(=O)NCc4ccc(-c5scnc5C)cc4)C(C)(C)C)CC3)CC2)ccc1Nc1ncc(Cl)c(Nc2ccccc2S(=O)(=O)C(C)C)n1. The van der Waals surface area contributed by atoms with Crippen molar-refractivity contribution >= 4 is 85.2 Å². The molecule has 0 bridgehead atoms. The second kappa shape index (κ2) is 26.5. The van der Waals surface area contributed by atoms with Crippen molar-refractivity contribution in [1.82, 2.24) is 40.3 Å². The number of likely N-dealkylation sites (tertiary alicyclic amines) is 1. The van der Waals surface area contributed by atoms with Crippen LogP contribution in [0.25, 0.3) is 10.4 Å². The Morgan fingerprint density at radius 1 is 0.887 bits per heavy atom. The Bertz CT molecular complexity index is 3080. The van der Waals surface area contributed by atoms with Gasteiger partial charge in [0.15, 0.2) is 15.7 Å². The van der Waals surface area contributed by atoms with Gasteiger partial charge in [0.1, 0.15) is 22.9 Å². The maximum atomic E-state index is 14.1. The van der Waals surface area contributed by atoms with Gasteiger partial charge in [-0.15, -0.1) is 11.3 Å². The fourth-order valence-corrected chi connectivity index (χ4v) is 12.7. The maximum absolute atomic E-state index is 14.1. The number of methoxy groups -OCH3 is 1. The van der Waals surface area contributed by atoms with Gasteiger partial charge in [-0.2, -0.15) is 4.98 Å². The van der Waals surface area contributed by atoms with Gasteiger partial charge in [-0.1, -0.05) is 75.2 Å². The molecule has 22 heteroatoms. The molecule has 3 aliphatic rings. The summed E-state index contributed by atoms with van der Waals surface area (Å²) in [5, 5.41) is 22.5. The first-order chi connectivity index (χ1) is 38.2. The number of unbranched alkanes of at least 4 members (excludes halogenated alkanes) is 2. The first kappa shape index (κ1) is 59.7. The molecule has 3 aromatic carbocycles. The van der Waals surface area contributed by atoms with E-state index in [4.69, 9.17) is 16.3 Å². The minimum Gasteiger partial charge on any atom is -0.494 e. The van der Waals surface area contributed by atoms with E-state index in [0.29, 0.717) is 61.9 Å². The summed E-state index contributed by atoms with van der Waals surface area (Å²) in [4.78, 5) is 77.0. The number of benzene rings is 3. The lowest BCUT2D eigenvalue weighted by molar-refractivity contribution is -0.144. The number of aliphatic hydroxyl groups excluding tert-OH is 1. The first-order valence-electron chi connectivity index (χ1n) is 27.6. The van der Waals surface area contributed by atoms with Crippen LogP contribution in [0.5, 0.6) is 5.75 Å². The number of aryl methyl sites for hydroxylation is 1. The number of para-hydroxylation sites is 1. The molecule has 0 radical (unpaired) electrons. The largest absolute Gasteiger partial charge is 0.494 e. The van der Waals surface area contributed by atoms with Crippen molar-refractivity contribution in [3.8, 4) is 16.2 Å². The minimum atomic E-state index is -3.58. The maximum Gasteiger partial charge on any atom is 0.246 e. The monoisotopic (exact) mass is 1150 g/mol. The quantitative estimate of drug-likeness (QED) is 0.0437. The lowest BCUT2D eigenvalue weighted by atomic mass is 9.85. The molecule has 0 saturated carbocycles. The Kier molecular flexibility index (Phi) is 19.8. The number of sulfone groups is 1. The summed E-state index contributed by atoms with van der Waals surface area (Å²) >= 11 is 8.06. The van der Waals surface area contributed by atoms with Gasteiger partial charge in [0, 0.05) is 89.4 Å². The molecule has 430 valence electrons. The Labute approximate surface area is 479 Å². The number of anilines is 5. The summed E-state index contributed by atoms with van der Waals surface area (Å²) in [5.41, 5.74) is 6.10. The van der Waals surface area contributed by atoms with Crippen molar-refractivity contribution in [2.24, 2.45) is 5.41 Å². The van der Waals surface area contributed by atoms with Crippen LogP contribution in [0, 0.1) is 12.3 Å². The van der Waals surface area contributed by atoms with E-state index < -0.39 is 44.6 Å². The average Bonchev–Trinajstić information content (AvgIpc) is 4.07. The molecule has 5 aromatic rings. The van der Waals surface area contributed by atoms with Crippen LogP contribution < -0.4 is 30.9 Å². The number of β-amino-alcohol motifs (C(OH)–C–C–N with tert-alkyl or cyclic N) is 1. The highest BCUT2D eigenvalue weighted by molar-refractivity contribution is 7.92. The number of piperazine rings is 1. The topological polar surface area (TPSA) is 232 Å². The van der Waals surface area contributed by atoms with Gasteiger partial charge >= 0.3 is 0 Å². The van der Waals surface area contributed by atoms with Gasteiger partial charge in [0.05, 0.1) is 57.0 Å². The predicted molar refractivity (Wildman–Crippen MR) is 313 cm³/mol. The molecule has 0 spiro atoms. The number of hydrogen-bond acceptors (Lipinski definition) is 16. The smallest absolute Gasteiger partial charge is 0.246 e. The number of nitrogens with zero attached hydrogens (tertiary/aromatic N) is 7. The Balaban J connectivity index is 0.735. The summed E-state index contributed by atoms with van der Waals surface area (Å²) in [5.74, 6) is 0.191. The van der Waals surface area contributed by atoms with Crippen LogP contribution in [0.15, 0.2) is 83.3 Å². The number of hydrogen-bond donors (Lipinski definition) is 5. The van der Waals surface area contributed by atoms with E-state index in [9.17, 15) is 32.7 Å². The molecule has 5 heterocycles. The Morgan fingerprint density at radius 3 is 2.27 bits per heavy atom. The molecule has 2 aromatic heterocycles. The number of piperidine rings is 1. The molecule has 0 aliphatic carbocycles. The molecule has 8 rings (SSSR count). The van der Waals surface area contributed by atoms with Crippen LogP contribution in [0.4, 0.5) is 28.8 Å². The number of thiazole rings is 1. The summed E-state index contributed by atoms with van der Waals surface area (Å²) < 4.78 is 32.0. The molecule has 4 amide bonds. The lowest BCUT2D eigenvalue weighted by Crippen LogP contribution is -2.57. The van der Waals surface area contributed by atoms with Crippen LogP contribution in [-0.4, -0.2) is 149 Å². The molecule has 19 nitrogen and oxygen atoms in total. The highest BCUT2D eigenvalue weighted by Gasteiger charge is 2.44. The Hall–Kier alpha value is -6.39. The Morgan fingerprint density at radius 2 is 1.60 bits per heavy atom. The molecule has 3 saturated heterocycles. The highest BCUT2D eigenvalue weighted by atomic mass is 35.5. The second-order valence-corrected chi connectivity index (χ2v) is 26.0. The normalized spacial score (nSPS) is 17.8. The molecular formula is C58H76ClN11O8S2. The first-order valence-corrected chi connectivity index (χ1v) is 30.4. The molecule has 80 heavy (non-hydrogen) atoms. The van der Waals surface area contributed by atoms with Crippen LogP contribution in [0.2, 0.25) is 5.02 Å². The van der Waals surface area contributed by atoms with E-state index in [2.05, 4.69) is 46.0 Å². The summed E-state index contributed by atoms with van der Waals surface area (Å²) in [6.45, 7) is 15.8. The van der Waals surface area contributed by atoms with Crippen molar-refractivity contribution in [3.05, 3.63) is 94.7 Å². The third-order valence-electron chi connectivity index (χ3n) is 15.3. The van der Waals surface area contributed by atoms with Crippen LogP contribution in [-0.2, 0) is 35.6 Å². The van der Waals surface area contributed by atoms with Crippen LogP contribution in [0.1, 0.15) is 97.2 Å². The average molecular weight is 1150 g/mol.